The van der Waals surface area contributed by atoms with Crippen LogP contribution in [0.4, 0.5) is 4.39 Å². The number of hydrogen-bond donors (Lipinski definition) is 0. The van der Waals surface area contributed by atoms with E-state index in [0.29, 0.717) is 17.0 Å². The highest BCUT2D eigenvalue weighted by molar-refractivity contribution is 6.20. The molecule has 0 fully saturated rings. The summed E-state index contributed by atoms with van der Waals surface area (Å²) in [5, 5.41) is 3.51. The lowest BCUT2D eigenvalue weighted by molar-refractivity contribution is 0.418. The first-order chi connectivity index (χ1) is 8.63. The Kier molecular flexibility index (Phi) is 3.97. The molecular weight excluding hydrogens is 255 g/mol. The number of rotatable bonds is 4. The Labute approximate surface area is 110 Å². The van der Waals surface area contributed by atoms with Gasteiger partial charge in [0.1, 0.15) is 5.82 Å². The average Bonchev–Trinajstić information content (AvgIpc) is 2.82. The number of aryl methyl sites for hydroxylation is 1. The lowest BCUT2D eigenvalue weighted by Crippen LogP contribution is -1.93. The SMILES string of the molecule is CCCC(Cl)c1noc(-c2cccc(C)c2F)n1. The minimum absolute atomic E-state index is 0.174. The molecule has 1 aromatic carbocycles. The summed E-state index contributed by atoms with van der Waals surface area (Å²) in [7, 11) is 0. The maximum Gasteiger partial charge on any atom is 0.260 e. The van der Waals surface area contributed by atoms with Crippen LogP contribution in [-0.2, 0) is 0 Å². The Hall–Kier alpha value is -1.42. The quantitative estimate of drug-likeness (QED) is 0.778. The van der Waals surface area contributed by atoms with Crippen LogP contribution in [0.2, 0.25) is 0 Å². The van der Waals surface area contributed by atoms with Crippen molar-refractivity contribution in [2.75, 3.05) is 0 Å². The zero-order chi connectivity index (χ0) is 13.1. The van der Waals surface area contributed by atoms with Crippen LogP contribution in [0.1, 0.15) is 36.5 Å². The summed E-state index contributed by atoms with van der Waals surface area (Å²) in [6.07, 6.45) is 1.69. The third kappa shape index (κ3) is 2.53. The van der Waals surface area contributed by atoms with Crippen molar-refractivity contribution in [3.8, 4) is 11.5 Å². The molecule has 0 saturated heterocycles. The zero-order valence-electron chi connectivity index (χ0n) is 10.3. The zero-order valence-corrected chi connectivity index (χ0v) is 11.0. The third-order valence-corrected chi connectivity index (χ3v) is 3.10. The summed E-state index contributed by atoms with van der Waals surface area (Å²) < 4.78 is 19.0. The van der Waals surface area contributed by atoms with Gasteiger partial charge >= 0.3 is 0 Å². The van der Waals surface area contributed by atoms with Crippen molar-refractivity contribution in [1.82, 2.24) is 10.1 Å². The molecule has 1 unspecified atom stereocenters. The molecule has 5 heteroatoms. The van der Waals surface area contributed by atoms with E-state index in [1.807, 2.05) is 6.92 Å². The monoisotopic (exact) mass is 268 g/mol. The molecule has 0 aliphatic carbocycles. The predicted molar refractivity (Wildman–Crippen MR) is 67.9 cm³/mol. The van der Waals surface area contributed by atoms with Gasteiger partial charge < -0.3 is 4.52 Å². The topological polar surface area (TPSA) is 38.9 Å². The van der Waals surface area contributed by atoms with Crippen LogP contribution in [0.15, 0.2) is 22.7 Å². The van der Waals surface area contributed by atoms with E-state index in [2.05, 4.69) is 10.1 Å². The van der Waals surface area contributed by atoms with E-state index in [1.54, 1.807) is 25.1 Å². The fraction of sp³-hybridized carbons (Fsp3) is 0.385. The van der Waals surface area contributed by atoms with Crippen LogP contribution in [0.25, 0.3) is 11.5 Å². The molecule has 1 aromatic heterocycles. The Morgan fingerprint density at radius 3 is 2.94 bits per heavy atom. The molecule has 0 aliphatic heterocycles. The van der Waals surface area contributed by atoms with Crippen LogP contribution in [0.3, 0.4) is 0 Å². The molecule has 0 bridgehead atoms. The number of halogens is 2. The highest BCUT2D eigenvalue weighted by Gasteiger charge is 2.18. The molecule has 96 valence electrons. The number of nitrogens with zero attached hydrogens (tertiary/aromatic N) is 2. The third-order valence-electron chi connectivity index (χ3n) is 2.69. The number of benzene rings is 1. The normalized spacial score (nSPS) is 12.7. The van der Waals surface area contributed by atoms with Gasteiger partial charge in [-0.3, -0.25) is 0 Å². The van der Waals surface area contributed by atoms with Crippen molar-refractivity contribution in [2.45, 2.75) is 32.1 Å². The van der Waals surface area contributed by atoms with Gasteiger partial charge in [-0.1, -0.05) is 30.6 Å². The molecule has 18 heavy (non-hydrogen) atoms. The number of aromatic nitrogens is 2. The Balaban J connectivity index is 2.32. The highest BCUT2D eigenvalue weighted by Crippen LogP contribution is 2.27. The van der Waals surface area contributed by atoms with Gasteiger partial charge in [0.05, 0.1) is 10.9 Å². The molecule has 2 rings (SSSR count). The standard InChI is InChI=1S/C13H14ClFN2O/c1-3-5-10(14)12-16-13(18-17-12)9-7-4-6-8(2)11(9)15/h4,6-7,10H,3,5H2,1-2H3. The van der Waals surface area contributed by atoms with Crippen LogP contribution in [0.5, 0.6) is 0 Å². The second kappa shape index (κ2) is 5.48. The Bertz CT molecular complexity index is 542. The van der Waals surface area contributed by atoms with E-state index in [9.17, 15) is 4.39 Å². The second-order valence-corrected chi connectivity index (χ2v) is 4.68. The smallest absolute Gasteiger partial charge is 0.260 e. The van der Waals surface area contributed by atoms with E-state index < -0.39 is 0 Å². The molecule has 0 saturated carbocycles. The Morgan fingerprint density at radius 1 is 1.44 bits per heavy atom. The summed E-state index contributed by atoms with van der Waals surface area (Å²) in [6, 6.07) is 5.06. The molecule has 2 aromatic rings. The first kappa shape index (κ1) is 13.0. The van der Waals surface area contributed by atoms with Crippen molar-refractivity contribution in [3.63, 3.8) is 0 Å². The minimum atomic E-state index is -0.339. The molecule has 0 amide bonds. The summed E-state index contributed by atoms with van der Waals surface area (Å²) in [5.41, 5.74) is 0.859. The highest BCUT2D eigenvalue weighted by atomic mass is 35.5. The van der Waals surface area contributed by atoms with Gasteiger partial charge in [-0.05, 0) is 25.0 Å². The molecule has 1 heterocycles. The van der Waals surface area contributed by atoms with E-state index in [0.717, 1.165) is 12.8 Å². The van der Waals surface area contributed by atoms with Gasteiger partial charge in [0.25, 0.3) is 5.89 Å². The average molecular weight is 269 g/mol. The fourth-order valence-electron chi connectivity index (χ4n) is 1.67. The van der Waals surface area contributed by atoms with Crippen LogP contribution in [0, 0.1) is 12.7 Å². The lowest BCUT2D eigenvalue weighted by atomic mass is 10.1. The van der Waals surface area contributed by atoms with Crippen molar-refractivity contribution >= 4 is 11.6 Å². The van der Waals surface area contributed by atoms with Crippen molar-refractivity contribution in [1.29, 1.82) is 0 Å². The summed E-state index contributed by atoms with van der Waals surface area (Å²) >= 11 is 6.10. The predicted octanol–water partition coefficient (Wildman–Crippen LogP) is 4.26. The number of alkyl halides is 1. The van der Waals surface area contributed by atoms with Gasteiger partial charge in [-0.2, -0.15) is 4.98 Å². The lowest BCUT2D eigenvalue weighted by Gasteiger charge is -2.01. The van der Waals surface area contributed by atoms with Crippen molar-refractivity contribution < 1.29 is 8.91 Å². The maximum absolute atomic E-state index is 13.9. The summed E-state index contributed by atoms with van der Waals surface area (Å²) in [4.78, 5) is 4.15. The summed E-state index contributed by atoms with van der Waals surface area (Å²) in [5.74, 6) is 0.247. The van der Waals surface area contributed by atoms with Gasteiger partial charge in [-0.15, -0.1) is 11.6 Å². The van der Waals surface area contributed by atoms with E-state index in [-0.39, 0.29) is 17.1 Å². The second-order valence-electron chi connectivity index (χ2n) is 4.15. The molecule has 0 N–H and O–H groups in total. The molecule has 0 aliphatic rings. The van der Waals surface area contributed by atoms with E-state index in [1.165, 1.54) is 0 Å². The molecule has 0 spiro atoms. The molecule has 3 nitrogen and oxygen atoms in total. The van der Waals surface area contributed by atoms with E-state index in [4.69, 9.17) is 16.1 Å². The molecule has 0 radical (unpaired) electrons. The largest absolute Gasteiger partial charge is 0.334 e. The minimum Gasteiger partial charge on any atom is -0.334 e. The van der Waals surface area contributed by atoms with E-state index >= 15 is 0 Å². The first-order valence-electron chi connectivity index (χ1n) is 5.86. The Morgan fingerprint density at radius 2 is 2.22 bits per heavy atom. The van der Waals surface area contributed by atoms with Gasteiger partial charge in [0, 0.05) is 0 Å². The van der Waals surface area contributed by atoms with Crippen molar-refractivity contribution in [3.05, 3.63) is 35.4 Å². The fourth-order valence-corrected chi connectivity index (χ4v) is 1.97. The maximum atomic E-state index is 13.9. The molecular formula is C13H14ClFN2O. The van der Waals surface area contributed by atoms with Crippen molar-refractivity contribution in [2.24, 2.45) is 0 Å². The van der Waals surface area contributed by atoms with Crippen LogP contribution >= 0.6 is 11.6 Å². The number of hydrogen-bond acceptors (Lipinski definition) is 3. The first-order valence-corrected chi connectivity index (χ1v) is 6.30. The summed E-state index contributed by atoms with van der Waals surface area (Å²) in [6.45, 7) is 3.72. The van der Waals surface area contributed by atoms with Gasteiger partial charge in [0.2, 0.25) is 0 Å². The van der Waals surface area contributed by atoms with Crippen LogP contribution in [-0.4, -0.2) is 10.1 Å². The molecule has 1 atom stereocenters. The van der Waals surface area contributed by atoms with Crippen LogP contribution < -0.4 is 0 Å². The van der Waals surface area contributed by atoms with Gasteiger partial charge in [0.15, 0.2) is 5.82 Å². The van der Waals surface area contributed by atoms with Gasteiger partial charge in [-0.25, -0.2) is 4.39 Å².